The summed E-state index contributed by atoms with van der Waals surface area (Å²) in [5, 5.41) is 6.08. The van der Waals surface area contributed by atoms with Crippen molar-refractivity contribution < 1.29 is 4.79 Å². The molecular weight excluding hydrogens is 260 g/mol. The van der Waals surface area contributed by atoms with E-state index in [1.54, 1.807) is 0 Å². The molecule has 3 heteroatoms. The Morgan fingerprint density at radius 2 is 1.62 bits per heavy atom. The van der Waals surface area contributed by atoms with Gasteiger partial charge in [-0.25, -0.2) is 0 Å². The molecule has 2 N–H and O–H groups in total. The van der Waals surface area contributed by atoms with Crippen LogP contribution in [0, 0.1) is 0 Å². The van der Waals surface area contributed by atoms with Crippen molar-refractivity contribution in [3.05, 3.63) is 54.6 Å². The number of benzene rings is 2. The molecule has 0 saturated carbocycles. The van der Waals surface area contributed by atoms with Crippen molar-refractivity contribution in [2.45, 2.75) is 26.3 Å². The monoisotopic (exact) mass is 282 g/mol. The van der Waals surface area contributed by atoms with Gasteiger partial charge in [0.05, 0.1) is 6.54 Å². The minimum atomic E-state index is -0.0113. The molecule has 2 aromatic carbocycles. The molecular formula is C18H22N2O. The Hall–Kier alpha value is -2.13. The fraction of sp³-hybridized carbons (Fsp3) is 0.278. The van der Waals surface area contributed by atoms with Crippen LogP contribution in [0.15, 0.2) is 54.6 Å². The van der Waals surface area contributed by atoms with Gasteiger partial charge in [-0.3, -0.25) is 4.79 Å². The lowest BCUT2D eigenvalue weighted by atomic mass is 10.1. The van der Waals surface area contributed by atoms with Crippen LogP contribution >= 0.6 is 0 Å². The number of anilines is 1. The van der Waals surface area contributed by atoms with E-state index in [1.807, 2.05) is 42.5 Å². The van der Waals surface area contributed by atoms with E-state index in [-0.39, 0.29) is 5.91 Å². The highest BCUT2D eigenvalue weighted by atomic mass is 16.1. The van der Waals surface area contributed by atoms with Crippen LogP contribution in [-0.4, -0.2) is 18.5 Å². The quantitative estimate of drug-likeness (QED) is 0.848. The third-order valence-electron chi connectivity index (χ3n) is 3.50. The molecule has 3 nitrogen and oxygen atoms in total. The maximum Gasteiger partial charge on any atom is 0.238 e. The molecule has 0 saturated heterocycles. The first kappa shape index (κ1) is 15.3. The maximum atomic E-state index is 11.8. The smallest absolute Gasteiger partial charge is 0.238 e. The van der Waals surface area contributed by atoms with Gasteiger partial charge >= 0.3 is 0 Å². The van der Waals surface area contributed by atoms with Crippen LogP contribution in [0.2, 0.25) is 0 Å². The van der Waals surface area contributed by atoms with Crippen LogP contribution in [0.4, 0.5) is 5.69 Å². The van der Waals surface area contributed by atoms with E-state index < -0.39 is 0 Å². The van der Waals surface area contributed by atoms with E-state index in [0.29, 0.717) is 12.6 Å². The molecule has 21 heavy (non-hydrogen) atoms. The van der Waals surface area contributed by atoms with E-state index in [4.69, 9.17) is 0 Å². The molecule has 0 spiro atoms. The summed E-state index contributed by atoms with van der Waals surface area (Å²) in [5.74, 6) is -0.0113. The van der Waals surface area contributed by atoms with Gasteiger partial charge in [-0.05, 0) is 36.6 Å². The molecule has 0 heterocycles. The molecule has 0 radical (unpaired) electrons. The van der Waals surface area contributed by atoms with Crippen molar-refractivity contribution in [3.63, 3.8) is 0 Å². The lowest BCUT2D eigenvalue weighted by molar-refractivity contribution is -0.115. The normalized spacial score (nSPS) is 11.9. The van der Waals surface area contributed by atoms with Crippen molar-refractivity contribution in [1.82, 2.24) is 5.32 Å². The summed E-state index contributed by atoms with van der Waals surface area (Å²) in [6.07, 6.45) is 1.01. The fourth-order valence-corrected chi connectivity index (χ4v) is 1.99. The maximum absolute atomic E-state index is 11.8. The minimum absolute atomic E-state index is 0.0113. The van der Waals surface area contributed by atoms with Crippen LogP contribution in [0.25, 0.3) is 11.1 Å². The van der Waals surface area contributed by atoms with Gasteiger partial charge in [-0.2, -0.15) is 0 Å². The highest BCUT2D eigenvalue weighted by Crippen LogP contribution is 2.20. The number of carbonyl (C=O) groups excluding carboxylic acids is 1. The van der Waals surface area contributed by atoms with Crippen LogP contribution in [0.1, 0.15) is 20.3 Å². The molecule has 2 aromatic rings. The molecule has 0 bridgehead atoms. The van der Waals surface area contributed by atoms with Gasteiger partial charge in [-0.1, -0.05) is 49.4 Å². The third kappa shape index (κ3) is 4.72. The Balaban J connectivity index is 1.92. The minimum Gasteiger partial charge on any atom is -0.325 e. The van der Waals surface area contributed by atoms with E-state index in [2.05, 4.69) is 36.6 Å². The molecule has 2 rings (SSSR count). The van der Waals surface area contributed by atoms with Crippen LogP contribution in [-0.2, 0) is 4.79 Å². The predicted molar refractivity (Wildman–Crippen MR) is 88.3 cm³/mol. The van der Waals surface area contributed by atoms with E-state index in [9.17, 15) is 4.79 Å². The molecule has 0 fully saturated rings. The largest absolute Gasteiger partial charge is 0.325 e. The van der Waals surface area contributed by atoms with Gasteiger partial charge in [0, 0.05) is 11.7 Å². The Morgan fingerprint density at radius 3 is 2.24 bits per heavy atom. The summed E-state index contributed by atoms with van der Waals surface area (Å²) in [6.45, 7) is 4.51. The van der Waals surface area contributed by atoms with Crippen molar-refractivity contribution >= 4 is 11.6 Å². The average Bonchev–Trinajstić information content (AvgIpc) is 2.54. The summed E-state index contributed by atoms with van der Waals surface area (Å²) < 4.78 is 0. The molecule has 0 aliphatic heterocycles. The van der Waals surface area contributed by atoms with Crippen LogP contribution < -0.4 is 10.6 Å². The fourth-order valence-electron chi connectivity index (χ4n) is 1.99. The van der Waals surface area contributed by atoms with Gasteiger partial charge in [0.1, 0.15) is 0 Å². The van der Waals surface area contributed by atoms with Crippen molar-refractivity contribution in [2.24, 2.45) is 0 Å². The number of carbonyl (C=O) groups is 1. The van der Waals surface area contributed by atoms with Crippen LogP contribution in [0.5, 0.6) is 0 Å². The Kier molecular flexibility index (Phi) is 5.52. The van der Waals surface area contributed by atoms with Gasteiger partial charge in [-0.15, -0.1) is 0 Å². The van der Waals surface area contributed by atoms with E-state index in [0.717, 1.165) is 17.7 Å². The lowest BCUT2D eigenvalue weighted by Gasteiger charge is -2.11. The zero-order valence-corrected chi connectivity index (χ0v) is 12.6. The zero-order chi connectivity index (χ0) is 15.1. The number of hydrogen-bond acceptors (Lipinski definition) is 2. The first-order valence-electron chi connectivity index (χ1n) is 7.37. The summed E-state index contributed by atoms with van der Waals surface area (Å²) in [7, 11) is 0. The molecule has 1 amide bonds. The second-order valence-corrected chi connectivity index (χ2v) is 5.18. The summed E-state index contributed by atoms with van der Waals surface area (Å²) in [5.41, 5.74) is 3.14. The van der Waals surface area contributed by atoms with Crippen molar-refractivity contribution in [1.29, 1.82) is 0 Å². The molecule has 0 aliphatic rings. The van der Waals surface area contributed by atoms with E-state index >= 15 is 0 Å². The van der Waals surface area contributed by atoms with E-state index in [1.165, 1.54) is 5.56 Å². The highest BCUT2D eigenvalue weighted by Gasteiger charge is 2.04. The Morgan fingerprint density at radius 1 is 1.00 bits per heavy atom. The number of hydrogen-bond donors (Lipinski definition) is 2. The second kappa shape index (κ2) is 7.60. The topological polar surface area (TPSA) is 41.1 Å². The highest BCUT2D eigenvalue weighted by molar-refractivity contribution is 5.92. The first-order valence-corrected chi connectivity index (χ1v) is 7.37. The van der Waals surface area contributed by atoms with Crippen LogP contribution in [0.3, 0.4) is 0 Å². The number of rotatable bonds is 6. The van der Waals surface area contributed by atoms with Gasteiger partial charge < -0.3 is 10.6 Å². The molecule has 0 aromatic heterocycles. The Bertz CT molecular complexity index is 564. The first-order chi connectivity index (χ1) is 10.2. The van der Waals surface area contributed by atoms with Gasteiger partial charge in [0.15, 0.2) is 0 Å². The number of amides is 1. The van der Waals surface area contributed by atoms with Crippen molar-refractivity contribution in [2.75, 3.05) is 11.9 Å². The molecule has 110 valence electrons. The number of nitrogens with one attached hydrogen (secondary N) is 2. The lowest BCUT2D eigenvalue weighted by Crippen LogP contribution is -2.33. The summed E-state index contributed by atoms with van der Waals surface area (Å²) in [6, 6.07) is 18.5. The second-order valence-electron chi connectivity index (χ2n) is 5.18. The van der Waals surface area contributed by atoms with Gasteiger partial charge in [0.25, 0.3) is 0 Å². The van der Waals surface area contributed by atoms with Gasteiger partial charge in [0.2, 0.25) is 5.91 Å². The standard InChI is InChI=1S/C18H22N2O/c1-3-14(2)19-13-18(21)20-17-11-9-16(10-12-17)15-7-5-4-6-8-15/h4-12,14,19H,3,13H2,1-2H3,(H,20,21). The summed E-state index contributed by atoms with van der Waals surface area (Å²) in [4.78, 5) is 11.8. The molecule has 0 aliphatic carbocycles. The molecule has 1 unspecified atom stereocenters. The SMILES string of the molecule is CCC(C)NCC(=O)Nc1ccc(-c2ccccc2)cc1. The zero-order valence-electron chi connectivity index (χ0n) is 12.6. The Labute approximate surface area is 126 Å². The average molecular weight is 282 g/mol. The summed E-state index contributed by atoms with van der Waals surface area (Å²) >= 11 is 0. The predicted octanol–water partition coefficient (Wildman–Crippen LogP) is 3.68. The van der Waals surface area contributed by atoms with Crippen molar-refractivity contribution in [3.8, 4) is 11.1 Å². The third-order valence-corrected chi connectivity index (χ3v) is 3.50. The molecule has 1 atom stereocenters.